The minimum absolute atomic E-state index is 0. The van der Waals surface area contributed by atoms with Gasteiger partial charge in [-0.2, -0.15) is 0 Å². The number of hydrogen-bond acceptors (Lipinski definition) is 2. The van der Waals surface area contributed by atoms with Gasteiger partial charge in [-0.25, -0.2) is 0 Å². The van der Waals surface area contributed by atoms with Crippen LogP contribution in [0.5, 0.6) is 5.75 Å². The molecule has 0 unspecified atom stereocenters. The Labute approximate surface area is 185 Å². The molecule has 0 bridgehead atoms. The molecule has 1 aromatic heterocycles. The number of fused-ring (bicyclic) bond motifs is 4. The van der Waals surface area contributed by atoms with Gasteiger partial charge in [0.1, 0.15) is 5.75 Å². The van der Waals surface area contributed by atoms with E-state index in [0.29, 0.717) is 0 Å². The van der Waals surface area contributed by atoms with Crippen molar-refractivity contribution in [3.05, 3.63) is 77.5 Å². The number of H-pyrrole nitrogens is 1. The van der Waals surface area contributed by atoms with Crippen LogP contribution in [0.4, 0.5) is 0 Å². The summed E-state index contributed by atoms with van der Waals surface area (Å²) in [7, 11) is 0. The third-order valence-corrected chi connectivity index (χ3v) is 5.79. The van der Waals surface area contributed by atoms with Crippen LogP contribution in [-0.2, 0) is 19.3 Å². The molecule has 0 saturated heterocycles. The van der Waals surface area contributed by atoms with Crippen LogP contribution in [0.25, 0.3) is 21.7 Å². The molecule has 0 aliphatic carbocycles. The topological polar surface area (TPSA) is 37.0 Å². The number of aromatic amines is 1. The Balaban J connectivity index is 0.00000128. The third kappa shape index (κ3) is 4.48. The second kappa shape index (κ2) is 10.0. The summed E-state index contributed by atoms with van der Waals surface area (Å²) in [5, 5.41) is 7.44. The molecule has 2 heterocycles. The molecule has 1 aliphatic rings. The third-order valence-electron chi connectivity index (χ3n) is 5.79. The van der Waals surface area contributed by atoms with Crippen molar-refractivity contribution < 1.29 is 4.74 Å². The van der Waals surface area contributed by atoms with Gasteiger partial charge < -0.3 is 15.0 Å². The van der Waals surface area contributed by atoms with Gasteiger partial charge in [0, 0.05) is 29.6 Å². The zero-order valence-corrected chi connectivity index (χ0v) is 17.4. The lowest BCUT2D eigenvalue weighted by molar-refractivity contribution is 0.311. The lowest BCUT2D eigenvalue weighted by atomic mass is 9.99. The molecule has 1 aliphatic heterocycles. The van der Waals surface area contributed by atoms with E-state index in [1.54, 1.807) is 0 Å². The number of rotatable bonds is 5. The van der Waals surface area contributed by atoms with E-state index < -0.39 is 0 Å². The summed E-state index contributed by atoms with van der Waals surface area (Å²) in [5.41, 5.74) is 5.67. The molecular weight excluding hydrogens is 392 g/mol. The molecule has 4 heteroatoms. The van der Waals surface area contributed by atoms with E-state index in [1.807, 2.05) is 0 Å². The zero-order valence-electron chi connectivity index (χ0n) is 16.5. The van der Waals surface area contributed by atoms with E-state index >= 15 is 0 Å². The number of halogens is 1. The molecule has 5 rings (SSSR count). The summed E-state index contributed by atoms with van der Waals surface area (Å²) < 4.78 is 6.04. The van der Waals surface area contributed by atoms with Crippen LogP contribution in [0.2, 0.25) is 0 Å². The second-order valence-electron chi connectivity index (χ2n) is 7.63. The Kier molecular flexibility index (Phi) is 7.41. The predicted molar refractivity (Wildman–Crippen MR) is 130 cm³/mol. The maximum Gasteiger partial charge on any atom is 0.119 e. The van der Waals surface area contributed by atoms with E-state index in [2.05, 4.69) is 71.0 Å². The molecule has 0 spiro atoms. The van der Waals surface area contributed by atoms with Crippen molar-refractivity contribution in [3.63, 3.8) is 0 Å². The van der Waals surface area contributed by atoms with Crippen LogP contribution in [0.15, 0.2) is 60.7 Å². The molecule has 30 heavy (non-hydrogen) atoms. The highest BCUT2D eigenvalue weighted by Crippen LogP contribution is 2.29. The van der Waals surface area contributed by atoms with Gasteiger partial charge in [-0.05, 0) is 65.9 Å². The van der Waals surface area contributed by atoms with Crippen LogP contribution in [0, 0.1) is 0 Å². The van der Waals surface area contributed by atoms with Crippen molar-refractivity contribution in [3.8, 4) is 5.75 Å². The van der Waals surface area contributed by atoms with Gasteiger partial charge in [-0.3, -0.25) is 0 Å². The monoisotopic (exact) mass is 422 g/mol. The van der Waals surface area contributed by atoms with Crippen molar-refractivity contribution in [1.29, 1.82) is 0 Å². The van der Waals surface area contributed by atoms with E-state index in [1.165, 1.54) is 38.5 Å². The number of aromatic nitrogens is 1. The van der Waals surface area contributed by atoms with Gasteiger partial charge in [0.25, 0.3) is 0 Å². The average Bonchev–Trinajstić information content (AvgIpc) is 2.93. The zero-order chi connectivity index (χ0) is 18.8. The highest BCUT2D eigenvalue weighted by Gasteiger charge is 2.16. The maximum absolute atomic E-state index is 6.04. The number of benzene rings is 3. The SMILES string of the molecule is C.Cl.c1ccc2cc(OCCCc3cccc4[nH]c5c(c34)CCNCC5)ccc2c1. The maximum atomic E-state index is 6.04. The Morgan fingerprint density at radius 2 is 1.70 bits per heavy atom. The average molecular weight is 423 g/mol. The van der Waals surface area contributed by atoms with E-state index in [4.69, 9.17) is 4.74 Å². The molecule has 0 amide bonds. The predicted octanol–water partition coefficient (Wildman–Crippen LogP) is 6.08. The first-order chi connectivity index (χ1) is 13.9. The lowest BCUT2D eigenvalue weighted by Gasteiger charge is -2.09. The quantitative estimate of drug-likeness (QED) is 0.382. The van der Waals surface area contributed by atoms with Crippen molar-refractivity contribution in [2.24, 2.45) is 0 Å². The summed E-state index contributed by atoms with van der Waals surface area (Å²) in [5.74, 6) is 0.957. The number of aryl methyl sites for hydroxylation is 1. The fourth-order valence-corrected chi connectivity index (χ4v) is 4.41. The summed E-state index contributed by atoms with van der Waals surface area (Å²) in [4.78, 5) is 3.66. The molecule has 0 fully saturated rings. The number of hydrogen-bond donors (Lipinski definition) is 2. The van der Waals surface area contributed by atoms with Crippen LogP contribution in [0.1, 0.15) is 30.7 Å². The fourth-order valence-electron chi connectivity index (χ4n) is 4.41. The molecule has 3 aromatic carbocycles. The molecule has 0 radical (unpaired) electrons. The minimum atomic E-state index is 0. The van der Waals surface area contributed by atoms with Crippen molar-refractivity contribution in [2.45, 2.75) is 33.1 Å². The Morgan fingerprint density at radius 1 is 0.867 bits per heavy atom. The van der Waals surface area contributed by atoms with Crippen LogP contribution in [0.3, 0.4) is 0 Å². The molecule has 3 nitrogen and oxygen atoms in total. The molecule has 0 atom stereocenters. The molecule has 4 aromatic rings. The molecule has 2 N–H and O–H groups in total. The van der Waals surface area contributed by atoms with Crippen molar-refractivity contribution in [2.75, 3.05) is 19.7 Å². The standard InChI is InChI=1S/C25H26N2O.CH4.ClH/c1-2-6-20-17-21(11-10-18(20)5-1)28-16-4-8-19-7-3-9-24-25(19)22-12-14-26-15-13-23(22)27-24;;/h1-3,5-7,9-11,17,26-27H,4,8,12-16H2;1H4;1H. The van der Waals surface area contributed by atoms with Crippen LogP contribution in [-0.4, -0.2) is 24.7 Å². The highest BCUT2D eigenvalue weighted by atomic mass is 35.5. The lowest BCUT2D eigenvalue weighted by Crippen LogP contribution is -2.16. The fraction of sp³-hybridized carbons (Fsp3) is 0.308. The van der Waals surface area contributed by atoms with Gasteiger partial charge in [0.05, 0.1) is 6.61 Å². The summed E-state index contributed by atoms with van der Waals surface area (Å²) in [6.45, 7) is 2.87. The second-order valence-corrected chi connectivity index (χ2v) is 7.63. The summed E-state index contributed by atoms with van der Waals surface area (Å²) in [6.07, 6.45) is 4.27. The normalized spacial score (nSPS) is 13.2. The van der Waals surface area contributed by atoms with E-state index in [-0.39, 0.29) is 19.8 Å². The van der Waals surface area contributed by atoms with Gasteiger partial charge in [-0.1, -0.05) is 49.9 Å². The first-order valence-electron chi connectivity index (χ1n) is 10.3. The summed E-state index contributed by atoms with van der Waals surface area (Å²) in [6, 6.07) is 21.4. The molecular formula is C26H31ClN2O. The number of ether oxygens (including phenoxy) is 1. The Morgan fingerprint density at radius 3 is 2.60 bits per heavy atom. The summed E-state index contributed by atoms with van der Waals surface area (Å²) >= 11 is 0. The van der Waals surface area contributed by atoms with E-state index in [9.17, 15) is 0 Å². The molecule has 158 valence electrons. The number of nitrogens with one attached hydrogen (secondary N) is 2. The minimum Gasteiger partial charge on any atom is -0.494 e. The van der Waals surface area contributed by atoms with Crippen LogP contribution < -0.4 is 10.1 Å². The first kappa shape index (κ1) is 22.2. The van der Waals surface area contributed by atoms with E-state index in [0.717, 1.165) is 51.1 Å². The van der Waals surface area contributed by atoms with Gasteiger partial charge in [0.2, 0.25) is 0 Å². The smallest absolute Gasteiger partial charge is 0.119 e. The Bertz CT molecular complexity index is 1120. The molecule has 0 saturated carbocycles. The van der Waals surface area contributed by atoms with Gasteiger partial charge in [-0.15, -0.1) is 12.4 Å². The highest BCUT2D eigenvalue weighted by molar-refractivity contribution is 5.88. The van der Waals surface area contributed by atoms with Crippen molar-refractivity contribution >= 4 is 34.1 Å². The van der Waals surface area contributed by atoms with Gasteiger partial charge >= 0.3 is 0 Å². The first-order valence-corrected chi connectivity index (χ1v) is 10.3. The van der Waals surface area contributed by atoms with Crippen molar-refractivity contribution in [1.82, 2.24) is 10.3 Å². The Hall–Kier alpha value is -2.49. The van der Waals surface area contributed by atoms with Crippen LogP contribution >= 0.6 is 12.4 Å². The van der Waals surface area contributed by atoms with Gasteiger partial charge in [0.15, 0.2) is 0 Å². The largest absolute Gasteiger partial charge is 0.494 e.